The average Bonchev–Trinajstić information content (AvgIpc) is 3.08. The van der Waals surface area contributed by atoms with Gasteiger partial charge in [0.05, 0.1) is 6.10 Å². The number of benzene rings is 1. The topological polar surface area (TPSA) is 51.2 Å². The van der Waals surface area contributed by atoms with Gasteiger partial charge in [0.25, 0.3) is 5.91 Å². The molecule has 1 aromatic carbocycles. The summed E-state index contributed by atoms with van der Waals surface area (Å²) >= 11 is 0. The minimum absolute atomic E-state index is 0.227. The Hall–Kier alpha value is -2.01. The third kappa shape index (κ3) is 4.05. The Morgan fingerprint density at radius 2 is 2.09 bits per heavy atom. The molecule has 23 heavy (non-hydrogen) atoms. The molecule has 0 radical (unpaired) electrons. The number of ether oxygens (including phenoxy) is 1. The third-order valence-corrected chi connectivity index (χ3v) is 4.17. The molecule has 2 aromatic rings. The Bertz CT molecular complexity index is 684. The van der Waals surface area contributed by atoms with Crippen molar-refractivity contribution in [3.05, 3.63) is 41.8 Å². The van der Waals surface area contributed by atoms with Gasteiger partial charge in [0.15, 0.2) is 0 Å². The first-order valence-electron chi connectivity index (χ1n) is 8.19. The molecule has 1 aliphatic carbocycles. The fraction of sp³-hybridized carbons (Fsp3) is 0.444. The highest BCUT2D eigenvalue weighted by atomic mass is 19.1. The van der Waals surface area contributed by atoms with Crippen LogP contribution >= 0.6 is 0 Å². The number of hydrogen-bond donors (Lipinski definition) is 1. The maximum Gasteiger partial charge on any atom is 0.269 e. The molecule has 1 N–H and O–H groups in total. The number of nitrogens with one attached hydrogen (secondary N) is 1. The van der Waals surface area contributed by atoms with Crippen LogP contribution in [0.15, 0.2) is 30.3 Å². The molecule has 4 nitrogen and oxygen atoms in total. The second kappa shape index (κ2) is 7.51. The molecule has 1 aliphatic rings. The Kier molecular flexibility index (Phi) is 5.18. The van der Waals surface area contributed by atoms with Gasteiger partial charge in [0.2, 0.25) is 0 Å². The van der Waals surface area contributed by atoms with Crippen molar-refractivity contribution in [1.82, 2.24) is 10.3 Å². The molecule has 0 unspecified atom stereocenters. The van der Waals surface area contributed by atoms with Gasteiger partial charge in [-0.1, -0.05) is 31.0 Å². The number of amides is 1. The normalized spacial score (nSPS) is 15.2. The molecule has 1 aromatic heterocycles. The van der Waals surface area contributed by atoms with Crippen LogP contribution in [0.1, 0.15) is 42.6 Å². The van der Waals surface area contributed by atoms with Crippen molar-refractivity contribution in [3.63, 3.8) is 0 Å². The number of pyridine rings is 1. The van der Waals surface area contributed by atoms with E-state index in [-0.39, 0.29) is 17.1 Å². The van der Waals surface area contributed by atoms with Gasteiger partial charge in [0, 0.05) is 18.5 Å². The Labute approximate surface area is 135 Å². The lowest BCUT2D eigenvalue weighted by Crippen LogP contribution is -2.26. The van der Waals surface area contributed by atoms with Crippen molar-refractivity contribution in [1.29, 1.82) is 0 Å². The summed E-state index contributed by atoms with van der Waals surface area (Å²) in [5, 5.41) is 3.49. The summed E-state index contributed by atoms with van der Waals surface area (Å²) in [5.74, 6) is -0.696. The van der Waals surface area contributed by atoms with Crippen molar-refractivity contribution >= 4 is 16.8 Å². The van der Waals surface area contributed by atoms with E-state index < -0.39 is 5.82 Å². The van der Waals surface area contributed by atoms with E-state index in [1.54, 1.807) is 24.3 Å². The summed E-state index contributed by atoms with van der Waals surface area (Å²) in [5.41, 5.74) is 0.462. The lowest BCUT2D eigenvalue weighted by atomic mass is 10.2. The van der Waals surface area contributed by atoms with Gasteiger partial charge in [-0.25, -0.2) is 9.37 Å². The van der Waals surface area contributed by atoms with Crippen LogP contribution in [0.2, 0.25) is 0 Å². The van der Waals surface area contributed by atoms with Crippen molar-refractivity contribution < 1.29 is 13.9 Å². The molecular weight excluding hydrogens is 295 g/mol. The van der Waals surface area contributed by atoms with Crippen LogP contribution in [-0.4, -0.2) is 30.1 Å². The summed E-state index contributed by atoms with van der Waals surface area (Å²) in [6, 6.07) is 8.07. The second-order valence-electron chi connectivity index (χ2n) is 5.89. The molecule has 0 saturated heterocycles. The fourth-order valence-electron chi connectivity index (χ4n) is 2.91. The van der Waals surface area contributed by atoms with E-state index in [2.05, 4.69) is 10.3 Å². The van der Waals surface area contributed by atoms with Crippen molar-refractivity contribution in [2.45, 2.75) is 38.2 Å². The van der Waals surface area contributed by atoms with Crippen LogP contribution in [0.5, 0.6) is 0 Å². The minimum atomic E-state index is -0.415. The highest BCUT2D eigenvalue weighted by Crippen LogP contribution is 2.20. The second-order valence-corrected chi connectivity index (χ2v) is 5.89. The van der Waals surface area contributed by atoms with Gasteiger partial charge < -0.3 is 10.1 Å². The van der Waals surface area contributed by atoms with Gasteiger partial charge in [-0.3, -0.25) is 4.79 Å². The average molecular weight is 316 g/mol. The molecule has 122 valence electrons. The van der Waals surface area contributed by atoms with Crippen molar-refractivity contribution in [2.75, 3.05) is 13.2 Å². The molecule has 1 amide bonds. The van der Waals surface area contributed by atoms with E-state index in [9.17, 15) is 9.18 Å². The van der Waals surface area contributed by atoms with Crippen LogP contribution in [-0.2, 0) is 4.74 Å². The summed E-state index contributed by atoms with van der Waals surface area (Å²) < 4.78 is 19.5. The van der Waals surface area contributed by atoms with E-state index in [1.807, 2.05) is 0 Å². The van der Waals surface area contributed by atoms with Gasteiger partial charge >= 0.3 is 0 Å². The zero-order valence-electron chi connectivity index (χ0n) is 13.1. The fourth-order valence-corrected chi connectivity index (χ4v) is 2.91. The lowest BCUT2D eigenvalue weighted by Gasteiger charge is -2.11. The number of aromatic nitrogens is 1. The maximum atomic E-state index is 13.7. The minimum Gasteiger partial charge on any atom is -0.378 e. The molecule has 0 atom stereocenters. The van der Waals surface area contributed by atoms with Gasteiger partial charge in [-0.05, 0) is 31.4 Å². The molecule has 1 fully saturated rings. The van der Waals surface area contributed by atoms with Gasteiger partial charge in [-0.2, -0.15) is 0 Å². The van der Waals surface area contributed by atoms with Crippen LogP contribution in [0.4, 0.5) is 4.39 Å². The molecule has 1 heterocycles. The highest BCUT2D eigenvalue weighted by molar-refractivity contribution is 5.94. The number of halogens is 1. The Balaban J connectivity index is 1.49. The number of hydrogen-bond acceptors (Lipinski definition) is 3. The van der Waals surface area contributed by atoms with Gasteiger partial charge in [0.1, 0.15) is 17.0 Å². The largest absolute Gasteiger partial charge is 0.378 e. The predicted octanol–water partition coefficient (Wildman–Crippen LogP) is 3.45. The number of para-hydroxylation sites is 1. The SMILES string of the molecule is O=C(NCCCOC1CCCC1)c1ccc2cccc(F)c2n1. The van der Waals surface area contributed by atoms with E-state index in [4.69, 9.17) is 4.74 Å². The first-order chi connectivity index (χ1) is 11.2. The Morgan fingerprint density at radius 3 is 2.91 bits per heavy atom. The predicted molar refractivity (Wildman–Crippen MR) is 86.9 cm³/mol. The van der Waals surface area contributed by atoms with E-state index in [1.165, 1.54) is 18.9 Å². The number of fused-ring (bicyclic) bond motifs is 1. The molecule has 3 rings (SSSR count). The lowest BCUT2D eigenvalue weighted by molar-refractivity contribution is 0.0565. The van der Waals surface area contributed by atoms with E-state index >= 15 is 0 Å². The third-order valence-electron chi connectivity index (χ3n) is 4.17. The zero-order chi connectivity index (χ0) is 16.1. The highest BCUT2D eigenvalue weighted by Gasteiger charge is 2.15. The maximum absolute atomic E-state index is 13.7. The summed E-state index contributed by atoms with van der Waals surface area (Å²) in [7, 11) is 0. The summed E-state index contributed by atoms with van der Waals surface area (Å²) in [6.07, 6.45) is 5.98. The molecule has 1 saturated carbocycles. The zero-order valence-corrected chi connectivity index (χ0v) is 13.1. The molecular formula is C18H21FN2O2. The van der Waals surface area contributed by atoms with E-state index in [0.29, 0.717) is 24.6 Å². The molecule has 5 heteroatoms. The summed E-state index contributed by atoms with van der Waals surface area (Å²) in [4.78, 5) is 16.2. The standard InChI is InChI=1S/C18H21FN2O2/c19-15-8-3-5-13-9-10-16(21-17(13)15)18(22)20-11-4-12-23-14-6-1-2-7-14/h3,5,8-10,14H,1-2,4,6-7,11-12H2,(H,20,22). The number of rotatable bonds is 6. The number of carbonyl (C=O) groups excluding carboxylic acids is 1. The number of nitrogens with zero attached hydrogens (tertiary/aromatic N) is 1. The quantitative estimate of drug-likeness (QED) is 0.830. The van der Waals surface area contributed by atoms with Crippen LogP contribution < -0.4 is 5.32 Å². The monoisotopic (exact) mass is 316 g/mol. The number of carbonyl (C=O) groups is 1. The van der Waals surface area contributed by atoms with Crippen molar-refractivity contribution in [2.24, 2.45) is 0 Å². The first kappa shape index (κ1) is 15.9. The van der Waals surface area contributed by atoms with E-state index in [0.717, 1.165) is 19.3 Å². The first-order valence-corrected chi connectivity index (χ1v) is 8.19. The molecule has 0 spiro atoms. The van der Waals surface area contributed by atoms with Crippen molar-refractivity contribution in [3.8, 4) is 0 Å². The van der Waals surface area contributed by atoms with Crippen LogP contribution in [0, 0.1) is 5.82 Å². The van der Waals surface area contributed by atoms with Crippen LogP contribution in [0.25, 0.3) is 10.9 Å². The Morgan fingerprint density at radius 1 is 1.26 bits per heavy atom. The molecule has 0 bridgehead atoms. The van der Waals surface area contributed by atoms with Gasteiger partial charge in [-0.15, -0.1) is 0 Å². The smallest absolute Gasteiger partial charge is 0.269 e. The summed E-state index contributed by atoms with van der Waals surface area (Å²) in [6.45, 7) is 1.19. The molecule has 0 aliphatic heterocycles. The van der Waals surface area contributed by atoms with Crippen LogP contribution in [0.3, 0.4) is 0 Å².